The van der Waals surface area contributed by atoms with Gasteiger partial charge in [0, 0.05) is 49.9 Å². The summed E-state index contributed by atoms with van der Waals surface area (Å²) in [6, 6.07) is 3.70. The standard InChI is InChI=1S/C42H55FN4O7/c1-5-9-28(39(51)37(50)20-26-12-13-26)21-35(48)34-22-31(54-30-16-14-29(43)15-17-30)25-47(34)41(53)32(42(2,3)4)23-36(49)38(27-10-7-6-8-11-27)46-40(52)33-24-44-18-19-45-33/h14-19,24,26-28,31-32,34,38H,5-13,20-23,25H2,1-4H3,(H,46,52)/t28-,31-,32-,34+,38+/m1/s1. The molecule has 1 saturated heterocycles. The van der Waals surface area contributed by atoms with E-state index in [9.17, 15) is 33.2 Å². The first-order valence-corrected chi connectivity index (χ1v) is 19.7. The lowest BCUT2D eigenvalue weighted by molar-refractivity contribution is -0.147. The van der Waals surface area contributed by atoms with Crippen LogP contribution in [0.4, 0.5) is 4.39 Å². The zero-order valence-corrected chi connectivity index (χ0v) is 32.1. The van der Waals surface area contributed by atoms with E-state index in [2.05, 4.69) is 15.3 Å². The number of carbonyl (C=O) groups excluding carboxylic acids is 6. The number of nitrogens with one attached hydrogen (secondary N) is 1. The smallest absolute Gasteiger partial charge is 0.272 e. The molecule has 11 nitrogen and oxygen atoms in total. The van der Waals surface area contributed by atoms with E-state index in [0.717, 1.165) is 44.9 Å². The van der Waals surface area contributed by atoms with Crippen molar-refractivity contribution in [1.82, 2.24) is 20.2 Å². The number of ether oxygens (including phenoxy) is 1. The van der Waals surface area contributed by atoms with E-state index in [1.165, 1.54) is 47.8 Å². The Labute approximate surface area is 317 Å². The summed E-state index contributed by atoms with van der Waals surface area (Å²) in [4.78, 5) is 92.4. The Morgan fingerprint density at radius 1 is 0.963 bits per heavy atom. The molecule has 54 heavy (non-hydrogen) atoms. The summed E-state index contributed by atoms with van der Waals surface area (Å²) < 4.78 is 19.9. The van der Waals surface area contributed by atoms with Gasteiger partial charge < -0.3 is 15.0 Å². The molecule has 5 rings (SSSR count). The summed E-state index contributed by atoms with van der Waals surface area (Å²) in [6.07, 6.45) is 10.8. The van der Waals surface area contributed by atoms with Gasteiger partial charge in [-0.15, -0.1) is 0 Å². The highest BCUT2D eigenvalue weighted by atomic mass is 19.1. The van der Waals surface area contributed by atoms with Crippen LogP contribution in [-0.2, 0) is 24.0 Å². The number of hydrogen-bond acceptors (Lipinski definition) is 9. The van der Waals surface area contributed by atoms with Crippen LogP contribution in [0.25, 0.3) is 0 Å². The van der Waals surface area contributed by atoms with E-state index in [-0.39, 0.29) is 61.3 Å². The normalized spacial score (nSPS) is 20.8. The fourth-order valence-electron chi connectivity index (χ4n) is 7.96. The molecule has 1 N–H and O–H groups in total. The molecule has 2 saturated carbocycles. The number of halogens is 1. The minimum absolute atomic E-state index is 0.0376. The SMILES string of the molecule is CCC[C@H](CC(=O)[C@@H]1C[C@@H](Oc2ccc(F)cc2)CN1C(=O)[C@@H](CC(=O)[C@@H](NC(=O)c1cnccn1)C1CCCCC1)C(C)(C)C)C(=O)C(=O)CC1CC1. The minimum Gasteiger partial charge on any atom is -0.488 e. The first kappa shape index (κ1) is 40.8. The van der Waals surface area contributed by atoms with Gasteiger partial charge in [-0.2, -0.15) is 0 Å². The molecular formula is C42H55FN4O7. The number of nitrogens with zero attached hydrogens (tertiary/aromatic N) is 3. The monoisotopic (exact) mass is 746 g/mol. The molecule has 1 aliphatic heterocycles. The Morgan fingerprint density at radius 3 is 2.28 bits per heavy atom. The predicted octanol–water partition coefficient (Wildman–Crippen LogP) is 6.28. The van der Waals surface area contributed by atoms with Gasteiger partial charge in [-0.1, -0.05) is 53.4 Å². The van der Waals surface area contributed by atoms with Gasteiger partial charge in [0.05, 0.1) is 24.8 Å². The van der Waals surface area contributed by atoms with E-state index in [1.807, 2.05) is 27.7 Å². The quantitative estimate of drug-likeness (QED) is 0.174. The summed E-state index contributed by atoms with van der Waals surface area (Å²) in [5.74, 6) is -4.04. The molecule has 0 radical (unpaired) electrons. The number of aromatic nitrogens is 2. The first-order chi connectivity index (χ1) is 25.7. The highest BCUT2D eigenvalue weighted by Crippen LogP contribution is 2.37. The maximum Gasteiger partial charge on any atom is 0.272 e. The second-order valence-corrected chi connectivity index (χ2v) is 16.6. The molecule has 5 atom stereocenters. The molecule has 2 aliphatic carbocycles. The van der Waals surface area contributed by atoms with Crippen molar-refractivity contribution in [2.45, 2.75) is 129 Å². The average Bonchev–Trinajstić information content (AvgIpc) is 3.88. The van der Waals surface area contributed by atoms with Crippen LogP contribution in [0.1, 0.15) is 122 Å². The number of hydrogen-bond donors (Lipinski definition) is 1. The Hall–Kier alpha value is -4.35. The third kappa shape index (κ3) is 10.9. The largest absolute Gasteiger partial charge is 0.488 e. The molecule has 12 heteroatoms. The summed E-state index contributed by atoms with van der Waals surface area (Å²) in [5.41, 5.74) is -0.632. The molecule has 0 spiro atoms. The zero-order chi connectivity index (χ0) is 39.0. The van der Waals surface area contributed by atoms with Crippen LogP contribution in [-0.4, -0.2) is 74.5 Å². The van der Waals surface area contributed by atoms with Crippen LogP contribution < -0.4 is 10.1 Å². The van der Waals surface area contributed by atoms with E-state index < -0.39 is 64.6 Å². The fourth-order valence-corrected chi connectivity index (χ4v) is 7.96. The lowest BCUT2D eigenvalue weighted by Gasteiger charge is -2.36. The second-order valence-electron chi connectivity index (χ2n) is 16.6. The Bertz CT molecular complexity index is 1650. The van der Waals surface area contributed by atoms with Gasteiger partial charge >= 0.3 is 0 Å². The maximum absolute atomic E-state index is 14.8. The van der Waals surface area contributed by atoms with Gasteiger partial charge in [-0.05, 0) is 73.6 Å². The Balaban J connectivity index is 1.39. The molecule has 3 fully saturated rings. The average molecular weight is 747 g/mol. The van der Waals surface area contributed by atoms with Crippen LogP contribution in [0.5, 0.6) is 5.75 Å². The summed E-state index contributed by atoms with van der Waals surface area (Å²) >= 11 is 0. The Morgan fingerprint density at radius 2 is 1.67 bits per heavy atom. The van der Waals surface area contributed by atoms with Crippen molar-refractivity contribution in [2.75, 3.05) is 6.54 Å². The maximum atomic E-state index is 14.8. The number of rotatable bonds is 18. The Kier molecular flexibility index (Phi) is 13.9. The second kappa shape index (κ2) is 18.3. The predicted molar refractivity (Wildman–Crippen MR) is 199 cm³/mol. The number of carbonyl (C=O) groups is 6. The molecule has 2 heterocycles. The number of benzene rings is 1. The molecule has 0 bridgehead atoms. The zero-order valence-electron chi connectivity index (χ0n) is 32.1. The van der Waals surface area contributed by atoms with Crippen molar-refractivity contribution in [3.8, 4) is 5.75 Å². The summed E-state index contributed by atoms with van der Waals surface area (Å²) in [7, 11) is 0. The van der Waals surface area contributed by atoms with Gasteiger partial charge in [-0.3, -0.25) is 33.8 Å². The van der Waals surface area contributed by atoms with Crippen molar-refractivity contribution >= 4 is 34.9 Å². The van der Waals surface area contributed by atoms with Crippen molar-refractivity contribution in [3.63, 3.8) is 0 Å². The third-order valence-electron chi connectivity index (χ3n) is 11.2. The highest BCUT2D eigenvalue weighted by Gasteiger charge is 2.47. The summed E-state index contributed by atoms with van der Waals surface area (Å²) in [6.45, 7) is 7.55. The van der Waals surface area contributed by atoms with Gasteiger partial charge in [0.2, 0.25) is 11.7 Å². The van der Waals surface area contributed by atoms with Crippen molar-refractivity contribution in [1.29, 1.82) is 0 Å². The molecular weight excluding hydrogens is 691 g/mol. The minimum atomic E-state index is -0.959. The van der Waals surface area contributed by atoms with E-state index in [0.29, 0.717) is 18.6 Å². The fraction of sp³-hybridized carbons (Fsp3) is 0.619. The van der Waals surface area contributed by atoms with Gasteiger partial charge in [0.15, 0.2) is 17.3 Å². The van der Waals surface area contributed by atoms with Gasteiger partial charge in [-0.25, -0.2) is 9.37 Å². The molecule has 1 aromatic carbocycles. The molecule has 0 unspecified atom stereocenters. The highest BCUT2D eigenvalue weighted by molar-refractivity contribution is 6.38. The molecule has 292 valence electrons. The lowest BCUT2D eigenvalue weighted by atomic mass is 9.74. The third-order valence-corrected chi connectivity index (χ3v) is 11.2. The van der Waals surface area contributed by atoms with Crippen LogP contribution in [0.3, 0.4) is 0 Å². The summed E-state index contributed by atoms with van der Waals surface area (Å²) in [5, 5.41) is 2.93. The molecule has 2 aromatic rings. The van der Waals surface area contributed by atoms with Crippen molar-refractivity contribution in [3.05, 3.63) is 54.4 Å². The van der Waals surface area contributed by atoms with E-state index in [1.54, 1.807) is 0 Å². The first-order valence-electron chi connectivity index (χ1n) is 19.7. The van der Waals surface area contributed by atoms with Crippen molar-refractivity contribution in [2.24, 2.45) is 29.1 Å². The number of ketones is 4. The number of Topliss-reactive ketones (excluding diaryl/α,β-unsaturated/α-hetero) is 4. The number of likely N-dealkylation sites (tertiary alicyclic amines) is 1. The molecule has 2 amide bonds. The lowest BCUT2D eigenvalue weighted by Crippen LogP contribution is -2.51. The van der Waals surface area contributed by atoms with Gasteiger partial charge in [0.25, 0.3) is 5.91 Å². The molecule has 1 aromatic heterocycles. The van der Waals surface area contributed by atoms with E-state index >= 15 is 0 Å². The molecule has 3 aliphatic rings. The van der Waals surface area contributed by atoms with Crippen LogP contribution in [0, 0.1) is 34.9 Å². The topological polar surface area (TPSA) is 153 Å². The number of amides is 2. The van der Waals surface area contributed by atoms with Crippen LogP contribution in [0.2, 0.25) is 0 Å². The van der Waals surface area contributed by atoms with Crippen molar-refractivity contribution < 1.29 is 37.9 Å². The van der Waals surface area contributed by atoms with Crippen LogP contribution >= 0.6 is 0 Å². The van der Waals surface area contributed by atoms with Gasteiger partial charge in [0.1, 0.15) is 23.4 Å². The van der Waals surface area contributed by atoms with Crippen LogP contribution in [0.15, 0.2) is 42.9 Å². The van der Waals surface area contributed by atoms with E-state index in [4.69, 9.17) is 4.74 Å².